The minimum Gasteiger partial charge on any atom is -0.354 e. The number of rotatable bonds is 11. The van der Waals surface area contributed by atoms with Gasteiger partial charge in [-0.2, -0.15) is 13.2 Å². The predicted octanol–water partition coefficient (Wildman–Crippen LogP) is 6.90. The first-order valence-corrected chi connectivity index (χ1v) is 12.8. The van der Waals surface area contributed by atoms with Crippen molar-refractivity contribution in [3.8, 4) is 0 Å². The molecule has 2 heterocycles. The molecule has 0 bridgehead atoms. The van der Waals surface area contributed by atoms with Crippen LogP contribution < -0.4 is 10.6 Å². The number of aryl methyl sites for hydroxylation is 1. The summed E-state index contributed by atoms with van der Waals surface area (Å²) in [4.78, 5) is 34.3. The Morgan fingerprint density at radius 3 is 2.37 bits per heavy atom. The number of benzene rings is 1. The Morgan fingerprint density at radius 1 is 1.03 bits per heavy atom. The van der Waals surface area contributed by atoms with Crippen LogP contribution in [0.3, 0.4) is 0 Å². The number of nitrogens with one attached hydrogen (secondary N) is 2. The third-order valence-electron chi connectivity index (χ3n) is 6.59. The lowest BCUT2D eigenvalue weighted by molar-refractivity contribution is -0.137. The monoisotopic (exact) mass is 544 g/mol. The lowest BCUT2D eigenvalue weighted by atomic mass is 9.95. The van der Waals surface area contributed by atoms with Crippen molar-refractivity contribution in [2.24, 2.45) is 5.41 Å². The van der Waals surface area contributed by atoms with Crippen molar-refractivity contribution >= 4 is 34.7 Å². The zero-order valence-corrected chi connectivity index (χ0v) is 21.6. The van der Waals surface area contributed by atoms with E-state index in [1.54, 1.807) is 24.4 Å². The van der Waals surface area contributed by atoms with E-state index in [1.807, 2.05) is 6.07 Å². The van der Waals surface area contributed by atoms with Gasteiger partial charge in [0.25, 0.3) is 0 Å². The highest BCUT2D eigenvalue weighted by Gasteiger charge is 2.51. The SMILES string of the molecule is CCCCc1ccc(C(=O)CC2(C(=O)NCc3ccc(Nc4ccc(Cl)cc4C(F)(F)F)cn3)CC2)cn1. The van der Waals surface area contributed by atoms with Gasteiger partial charge >= 0.3 is 6.18 Å². The summed E-state index contributed by atoms with van der Waals surface area (Å²) in [5.74, 6) is -0.320. The molecule has 0 spiro atoms. The first-order chi connectivity index (χ1) is 18.1. The fourth-order valence-electron chi connectivity index (χ4n) is 4.12. The Bertz CT molecular complexity index is 1290. The van der Waals surface area contributed by atoms with Crippen LogP contribution in [-0.4, -0.2) is 21.7 Å². The van der Waals surface area contributed by atoms with Crippen molar-refractivity contribution < 1.29 is 22.8 Å². The number of halogens is 4. The summed E-state index contributed by atoms with van der Waals surface area (Å²) >= 11 is 5.73. The smallest absolute Gasteiger partial charge is 0.354 e. The summed E-state index contributed by atoms with van der Waals surface area (Å²) in [6.07, 6.45) is 2.77. The normalized spacial score (nSPS) is 14.1. The van der Waals surface area contributed by atoms with Crippen molar-refractivity contribution in [1.29, 1.82) is 0 Å². The van der Waals surface area contributed by atoms with E-state index in [1.165, 1.54) is 18.3 Å². The largest absolute Gasteiger partial charge is 0.418 e. The van der Waals surface area contributed by atoms with E-state index in [4.69, 9.17) is 11.6 Å². The molecule has 2 aromatic heterocycles. The average Bonchev–Trinajstić information content (AvgIpc) is 3.68. The summed E-state index contributed by atoms with van der Waals surface area (Å²) in [5, 5.41) is 5.54. The molecule has 1 aromatic carbocycles. The predicted molar refractivity (Wildman–Crippen MR) is 139 cm³/mol. The number of anilines is 2. The van der Waals surface area contributed by atoms with E-state index in [0.29, 0.717) is 29.8 Å². The maximum Gasteiger partial charge on any atom is 0.418 e. The highest BCUT2D eigenvalue weighted by molar-refractivity contribution is 6.30. The zero-order chi connectivity index (χ0) is 27.3. The molecule has 200 valence electrons. The summed E-state index contributed by atoms with van der Waals surface area (Å²) < 4.78 is 40.0. The number of aromatic nitrogens is 2. The van der Waals surface area contributed by atoms with Gasteiger partial charge in [-0.15, -0.1) is 0 Å². The van der Waals surface area contributed by atoms with Gasteiger partial charge in [-0.3, -0.25) is 19.6 Å². The van der Waals surface area contributed by atoms with Gasteiger partial charge in [0, 0.05) is 28.9 Å². The number of pyridine rings is 2. The number of hydrogen-bond donors (Lipinski definition) is 2. The fourth-order valence-corrected chi connectivity index (χ4v) is 4.29. The molecular weight excluding hydrogens is 517 g/mol. The quantitative estimate of drug-likeness (QED) is 0.256. The Labute approximate surface area is 224 Å². The van der Waals surface area contributed by atoms with Gasteiger partial charge in [-0.05, 0) is 68.1 Å². The first kappa shape index (κ1) is 27.6. The van der Waals surface area contributed by atoms with Crippen molar-refractivity contribution in [3.63, 3.8) is 0 Å². The van der Waals surface area contributed by atoms with E-state index >= 15 is 0 Å². The molecule has 0 unspecified atom stereocenters. The van der Waals surface area contributed by atoms with Crippen molar-refractivity contribution in [1.82, 2.24) is 15.3 Å². The second kappa shape index (κ2) is 11.5. The molecule has 38 heavy (non-hydrogen) atoms. The number of ketones is 1. The van der Waals surface area contributed by atoms with Crippen LogP contribution in [0.4, 0.5) is 24.5 Å². The number of carbonyl (C=O) groups excluding carboxylic acids is 2. The van der Waals surface area contributed by atoms with Gasteiger partial charge in [0.15, 0.2) is 5.78 Å². The third kappa shape index (κ3) is 6.89. The van der Waals surface area contributed by atoms with Crippen LogP contribution in [0, 0.1) is 5.41 Å². The maximum absolute atomic E-state index is 13.3. The van der Waals surface area contributed by atoms with Gasteiger partial charge < -0.3 is 10.6 Å². The van der Waals surface area contributed by atoms with Crippen LogP contribution in [0.1, 0.15) is 66.3 Å². The van der Waals surface area contributed by atoms with Crippen molar-refractivity contribution in [3.05, 3.63) is 82.4 Å². The Hall–Kier alpha value is -3.46. The summed E-state index contributed by atoms with van der Waals surface area (Å²) in [5.41, 5.74) is 0.594. The minimum atomic E-state index is -4.57. The Balaban J connectivity index is 1.31. The molecule has 2 N–H and O–H groups in total. The van der Waals surface area contributed by atoms with Crippen molar-refractivity contribution in [2.75, 3.05) is 5.32 Å². The molecule has 0 aliphatic heterocycles. The number of hydrogen-bond acceptors (Lipinski definition) is 5. The molecule has 1 fully saturated rings. The molecule has 3 aromatic rings. The number of Topliss-reactive ketones (excluding diaryl/α,β-unsaturated/α-hetero) is 1. The zero-order valence-electron chi connectivity index (χ0n) is 20.9. The minimum absolute atomic E-state index is 0.0146. The molecule has 1 aliphatic carbocycles. The van der Waals surface area contributed by atoms with Crippen LogP contribution in [0.2, 0.25) is 5.02 Å². The van der Waals surface area contributed by atoms with Crippen LogP contribution >= 0.6 is 11.6 Å². The lowest BCUT2D eigenvalue weighted by Crippen LogP contribution is -2.33. The van der Waals surface area contributed by atoms with E-state index < -0.39 is 17.2 Å². The number of nitrogens with zero attached hydrogens (tertiary/aromatic N) is 2. The fraction of sp³-hybridized carbons (Fsp3) is 0.357. The van der Waals surface area contributed by atoms with E-state index in [9.17, 15) is 22.8 Å². The van der Waals surface area contributed by atoms with Gasteiger partial charge in [0.05, 0.1) is 40.8 Å². The molecule has 1 aliphatic rings. The highest BCUT2D eigenvalue weighted by atomic mass is 35.5. The number of alkyl halides is 3. The van der Waals surface area contributed by atoms with E-state index in [2.05, 4.69) is 27.5 Å². The molecular formula is C28H28ClF3N4O2. The number of amides is 1. The van der Waals surface area contributed by atoms with Gasteiger partial charge in [-0.1, -0.05) is 24.9 Å². The van der Waals surface area contributed by atoms with Crippen molar-refractivity contribution in [2.45, 2.75) is 58.2 Å². The number of carbonyl (C=O) groups is 2. The molecule has 0 radical (unpaired) electrons. The van der Waals surface area contributed by atoms with Crippen LogP contribution in [-0.2, 0) is 23.9 Å². The standard InChI is InChI=1S/C28H28ClF3N4O2/c1-2-3-4-20-7-5-18(15-33-20)25(37)14-27(11-12-27)26(38)35-16-21-8-9-22(17-34-21)36-24-10-6-19(29)13-23(24)28(30,31)32/h5-10,13,15,17,36H,2-4,11-12,14,16H2,1H3,(H,35,38). The summed E-state index contributed by atoms with van der Waals surface area (Å²) in [6.45, 7) is 2.25. The van der Waals surface area contributed by atoms with E-state index in [-0.39, 0.29) is 35.4 Å². The molecule has 0 saturated heterocycles. The third-order valence-corrected chi connectivity index (χ3v) is 6.82. The molecule has 4 rings (SSSR count). The highest BCUT2D eigenvalue weighted by Crippen LogP contribution is 2.49. The first-order valence-electron chi connectivity index (χ1n) is 12.4. The average molecular weight is 545 g/mol. The van der Waals surface area contributed by atoms with Crippen LogP contribution in [0.5, 0.6) is 0 Å². The second-order valence-corrected chi connectivity index (χ2v) is 9.99. The molecule has 0 atom stereocenters. The summed E-state index contributed by atoms with van der Waals surface area (Å²) in [7, 11) is 0. The maximum atomic E-state index is 13.3. The van der Waals surface area contributed by atoms with E-state index in [0.717, 1.165) is 31.0 Å². The van der Waals surface area contributed by atoms with Gasteiger partial charge in [0.1, 0.15) is 0 Å². The topological polar surface area (TPSA) is 84.0 Å². The van der Waals surface area contributed by atoms with Crippen LogP contribution in [0.25, 0.3) is 0 Å². The Morgan fingerprint density at radius 2 is 1.76 bits per heavy atom. The van der Waals surface area contributed by atoms with Gasteiger partial charge in [-0.25, -0.2) is 0 Å². The second-order valence-electron chi connectivity index (χ2n) is 9.56. The molecule has 10 heteroatoms. The van der Waals surface area contributed by atoms with Gasteiger partial charge in [0.2, 0.25) is 5.91 Å². The molecule has 1 saturated carbocycles. The summed E-state index contributed by atoms with van der Waals surface area (Å²) in [6, 6.07) is 10.3. The molecule has 1 amide bonds. The molecule has 6 nitrogen and oxygen atoms in total. The lowest BCUT2D eigenvalue weighted by Gasteiger charge is -2.16. The number of unbranched alkanes of at least 4 members (excludes halogenated alkanes) is 1. The Kier molecular flexibility index (Phi) is 8.35. The van der Waals surface area contributed by atoms with Crippen LogP contribution in [0.15, 0.2) is 54.9 Å².